The average Bonchev–Trinajstić information content (AvgIpc) is 3.66. The van der Waals surface area contributed by atoms with Gasteiger partial charge in [0.1, 0.15) is 18.2 Å². The number of nitrogens with zero attached hydrogens (tertiary/aromatic N) is 2. The lowest BCUT2D eigenvalue weighted by Crippen LogP contribution is -2.58. The molecule has 3 fully saturated rings. The molecule has 8 atom stereocenters. The van der Waals surface area contributed by atoms with Gasteiger partial charge < -0.3 is 29.7 Å². The molecule has 47 heavy (non-hydrogen) atoms. The maximum absolute atomic E-state index is 14.6. The number of hydrogen-bond donors (Lipinski definition) is 2. The van der Waals surface area contributed by atoms with Gasteiger partial charge in [0.15, 0.2) is 0 Å². The molecule has 0 radical (unpaired) electrons. The topological polar surface area (TPSA) is 125 Å². The van der Waals surface area contributed by atoms with Gasteiger partial charge in [-0.25, -0.2) is 0 Å². The standard InChI is InChI=1S/C36H50BrN3O7/c1-5-8-18-28(42)46-23-27(25-16-11-9-12-17-25)38-33(43)29-30-34(44)40(20-13-10-14-21-41)32(36(30)22-26(37)31(29)47-36)35(45)39(19-7-3)24(4)15-6-2/h5,7,9,11-12,16-17,24,26-27,29-32,41H,1,3,6,8,10,13-15,18-23H2,2,4H3,(H,38,43)/t24?,26?,27-,29+,30-,31+,32+,36-/m0/s1. The van der Waals surface area contributed by atoms with Gasteiger partial charge in [-0.3, -0.25) is 19.2 Å². The van der Waals surface area contributed by atoms with Crippen molar-refractivity contribution in [2.75, 3.05) is 26.3 Å². The highest BCUT2D eigenvalue weighted by Gasteiger charge is 2.76. The quantitative estimate of drug-likeness (QED) is 0.0938. The summed E-state index contributed by atoms with van der Waals surface area (Å²) in [5.74, 6) is -2.95. The van der Waals surface area contributed by atoms with Gasteiger partial charge in [-0.1, -0.05) is 71.8 Å². The van der Waals surface area contributed by atoms with Crippen LogP contribution in [0.15, 0.2) is 55.6 Å². The molecule has 3 heterocycles. The number of amides is 3. The van der Waals surface area contributed by atoms with E-state index in [4.69, 9.17) is 9.47 Å². The lowest BCUT2D eigenvalue weighted by atomic mass is 9.70. The molecule has 3 aliphatic rings. The molecule has 3 amide bonds. The minimum Gasteiger partial charge on any atom is -0.463 e. The van der Waals surface area contributed by atoms with E-state index in [2.05, 4.69) is 41.3 Å². The molecule has 3 aliphatic heterocycles. The van der Waals surface area contributed by atoms with Crippen LogP contribution in [0.2, 0.25) is 0 Å². The molecule has 3 saturated heterocycles. The number of unbranched alkanes of at least 4 members (excludes halogenated alkanes) is 2. The number of hydrogen-bond acceptors (Lipinski definition) is 7. The summed E-state index contributed by atoms with van der Waals surface area (Å²) in [7, 11) is 0. The summed E-state index contributed by atoms with van der Waals surface area (Å²) in [5.41, 5.74) is -0.427. The first-order valence-electron chi connectivity index (χ1n) is 16.9. The first-order chi connectivity index (χ1) is 22.6. The molecular weight excluding hydrogens is 666 g/mol. The van der Waals surface area contributed by atoms with Crippen LogP contribution in [0.3, 0.4) is 0 Å². The molecule has 11 heteroatoms. The Labute approximate surface area is 287 Å². The molecule has 2 unspecified atom stereocenters. The Hall–Kier alpha value is -3.02. The monoisotopic (exact) mass is 715 g/mol. The maximum Gasteiger partial charge on any atom is 0.306 e. The number of likely N-dealkylation sites (tertiary alicyclic amines) is 1. The number of aliphatic hydroxyl groups is 1. The second-order valence-corrected chi connectivity index (χ2v) is 14.1. The summed E-state index contributed by atoms with van der Waals surface area (Å²) in [6.07, 6.45) is 7.39. The molecule has 2 N–H and O–H groups in total. The number of nitrogens with one attached hydrogen (secondary N) is 1. The van der Waals surface area contributed by atoms with Gasteiger partial charge in [-0.15, -0.1) is 13.2 Å². The minimum absolute atomic E-state index is 0.0506. The normalized spacial score (nSPS) is 27.2. The van der Waals surface area contributed by atoms with Crippen molar-refractivity contribution in [1.82, 2.24) is 15.1 Å². The van der Waals surface area contributed by atoms with Crippen LogP contribution in [0.25, 0.3) is 0 Å². The van der Waals surface area contributed by atoms with Crippen molar-refractivity contribution in [1.29, 1.82) is 0 Å². The van der Waals surface area contributed by atoms with E-state index in [-0.39, 0.29) is 48.2 Å². The third-order valence-electron chi connectivity index (χ3n) is 9.71. The summed E-state index contributed by atoms with van der Waals surface area (Å²) < 4.78 is 12.3. The molecule has 0 saturated carbocycles. The predicted octanol–water partition coefficient (Wildman–Crippen LogP) is 4.47. The fraction of sp³-hybridized carbons (Fsp3) is 0.611. The largest absolute Gasteiger partial charge is 0.463 e. The first kappa shape index (κ1) is 36.8. The van der Waals surface area contributed by atoms with E-state index in [9.17, 15) is 24.3 Å². The van der Waals surface area contributed by atoms with Gasteiger partial charge in [0.2, 0.25) is 17.7 Å². The first-order valence-corrected chi connectivity index (χ1v) is 17.8. The van der Waals surface area contributed by atoms with Crippen molar-refractivity contribution in [3.05, 3.63) is 61.2 Å². The number of esters is 1. The number of allylic oxidation sites excluding steroid dienone is 1. The van der Waals surface area contributed by atoms with Crippen LogP contribution in [0.1, 0.15) is 76.8 Å². The molecule has 1 aromatic carbocycles. The van der Waals surface area contributed by atoms with Crippen LogP contribution in [0.5, 0.6) is 0 Å². The van der Waals surface area contributed by atoms with Gasteiger partial charge in [0.05, 0.1) is 24.0 Å². The third-order valence-corrected chi connectivity index (χ3v) is 10.6. The highest BCUT2D eigenvalue weighted by atomic mass is 79.9. The number of aliphatic hydroxyl groups excluding tert-OH is 1. The van der Waals surface area contributed by atoms with E-state index in [0.29, 0.717) is 45.2 Å². The Kier molecular flexibility index (Phi) is 13.2. The van der Waals surface area contributed by atoms with Gasteiger partial charge in [-0.2, -0.15) is 0 Å². The highest BCUT2D eigenvalue weighted by molar-refractivity contribution is 9.09. The van der Waals surface area contributed by atoms with E-state index in [1.54, 1.807) is 22.0 Å². The number of benzene rings is 1. The zero-order valence-corrected chi connectivity index (χ0v) is 29.2. The molecule has 10 nitrogen and oxygen atoms in total. The minimum atomic E-state index is -1.18. The number of carbonyl (C=O) groups excluding carboxylic acids is 4. The molecule has 4 rings (SSSR count). The SMILES string of the molecule is C=CCCC(=O)OC[C@H](NC(=O)[C@H]1[C@@H]2O[C@@]3(CC2Br)[C@@H]1C(=O)N(CCCCCO)[C@@H]3C(=O)N(CC=C)C(C)CCC)c1ccccc1. The number of halogens is 1. The molecule has 1 aromatic rings. The Morgan fingerprint density at radius 2 is 1.96 bits per heavy atom. The molecule has 2 bridgehead atoms. The van der Waals surface area contributed by atoms with Gasteiger partial charge in [-0.05, 0) is 51.0 Å². The molecule has 1 spiro atoms. The van der Waals surface area contributed by atoms with E-state index < -0.39 is 41.6 Å². The van der Waals surface area contributed by atoms with Crippen molar-refractivity contribution >= 4 is 39.6 Å². The van der Waals surface area contributed by atoms with Crippen molar-refractivity contribution in [2.24, 2.45) is 11.8 Å². The maximum atomic E-state index is 14.6. The molecule has 258 valence electrons. The van der Waals surface area contributed by atoms with Gasteiger partial charge in [0.25, 0.3) is 0 Å². The second kappa shape index (κ2) is 16.9. The summed E-state index contributed by atoms with van der Waals surface area (Å²) in [4.78, 5) is 58.9. The zero-order valence-electron chi connectivity index (χ0n) is 27.7. The second-order valence-electron chi connectivity index (χ2n) is 12.9. The molecular formula is C36H50BrN3O7. The van der Waals surface area contributed by atoms with E-state index in [0.717, 1.165) is 18.4 Å². The van der Waals surface area contributed by atoms with Crippen molar-refractivity contribution in [3.8, 4) is 0 Å². The van der Waals surface area contributed by atoms with Crippen LogP contribution in [0, 0.1) is 11.8 Å². The van der Waals surface area contributed by atoms with E-state index >= 15 is 0 Å². The Morgan fingerprint density at radius 3 is 2.62 bits per heavy atom. The van der Waals surface area contributed by atoms with Crippen molar-refractivity contribution in [3.63, 3.8) is 0 Å². The summed E-state index contributed by atoms with van der Waals surface area (Å²) in [5, 5.41) is 12.4. The Morgan fingerprint density at radius 1 is 1.21 bits per heavy atom. The number of rotatable bonds is 19. The Balaban J connectivity index is 1.66. The highest BCUT2D eigenvalue weighted by Crippen LogP contribution is 2.60. The van der Waals surface area contributed by atoms with E-state index in [1.165, 1.54) is 0 Å². The van der Waals surface area contributed by atoms with Crippen LogP contribution >= 0.6 is 15.9 Å². The summed E-state index contributed by atoms with van der Waals surface area (Å²) in [6, 6.07) is 7.63. The predicted molar refractivity (Wildman–Crippen MR) is 182 cm³/mol. The number of alkyl halides is 1. The fourth-order valence-corrected chi connectivity index (χ4v) is 8.46. The van der Waals surface area contributed by atoms with Crippen molar-refractivity contribution in [2.45, 2.75) is 99.9 Å². The Bertz CT molecular complexity index is 1280. The zero-order chi connectivity index (χ0) is 34.1. The smallest absolute Gasteiger partial charge is 0.306 e. The van der Waals surface area contributed by atoms with Gasteiger partial charge >= 0.3 is 5.97 Å². The number of ether oxygens (including phenoxy) is 2. The third kappa shape index (κ3) is 7.84. The van der Waals surface area contributed by atoms with Crippen molar-refractivity contribution < 1.29 is 33.8 Å². The van der Waals surface area contributed by atoms with Crippen LogP contribution < -0.4 is 5.32 Å². The molecule has 0 aliphatic carbocycles. The van der Waals surface area contributed by atoms with Crippen LogP contribution in [-0.4, -0.2) is 93.5 Å². The lowest BCUT2D eigenvalue weighted by Gasteiger charge is -2.39. The average molecular weight is 717 g/mol. The summed E-state index contributed by atoms with van der Waals surface area (Å²) >= 11 is 3.75. The fourth-order valence-electron chi connectivity index (χ4n) is 7.52. The lowest BCUT2D eigenvalue weighted by molar-refractivity contribution is -0.149. The van der Waals surface area contributed by atoms with Crippen LogP contribution in [-0.2, 0) is 28.7 Å². The number of carbonyl (C=O) groups is 4. The van der Waals surface area contributed by atoms with Crippen LogP contribution in [0.4, 0.5) is 0 Å². The number of fused-ring (bicyclic) bond motifs is 1. The molecule has 0 aromatic heterocycles. The summed E-state index contributed by atoms with van der Waals surface area (Å²) in [6.45, 7) is 12.2. The van der Waals surface area contributed by atoms with E-state index in [1.807, 2.05) is 37.3 Å². The van der Waals surface area contributed by atoms with Gasteiger partial charge in [0, 0.05) is 37.0 Å².